The fourth-order valence-electron chi connectivity index (χ4n) is 3.34. The van der Waals surface area contributed by atoms with Crippen molar-refractivity contribution in [2.45, 2.75) is 19.8 Å². The molecule has 0 atom stereocenters. The molecule has 0 unspecified atom stereocenters. The molecule has 1 aromatic heterocycles. The number of aromatic amines is 1. The van der Waals surface area contributed by atoms with Gasteiger partial charge in [-0.1, -0.05) is 48.0 Å². The highest BCUT2D eigenvalue weighted by Crippen LogP contribution is 2.27. The van der Waals surface area contributed by atoms with Crippen molar-refractivity contribution in [2.75, 3.05) is 12.3 Å². The van der Waals surface area contributed by atoms with E-state index in [1.165, 1.54) is 12.1 Å². The van der Waals surface area contributed by atoms with Crippen LogP contribution in [0, 0.1) is 0 Å². The molecule has 0 saturated carbocycles. The molecule has 0 radical (unpaired) electrons. The number of anilines is 1. The quantitative estimate of drug-likeness (QED) is 0.171. The van der Waals surface area contributed by atoms with Gasteiger partial charge in [0.2, 0.25) is 0 Å². The van der Waals surface area contributed by atoms with E-state index in [4.69, 9.17) is 27.2 Å². The first kappa shape index (κ1) is 25.5. The largest absolute Gasteiger partial charge is 0.478 e. The first-order chi connectivity index (χ1) is 16.9. The summed E-state index contributed by atoms with van der Waals surface area (Å²) in [6, 6.07) is 19.3. The number of H-pyrrole nitrogens is 1. The van der Waals surface area contributed by atoms with Gasteiger partial charge < -0.3 is 20.6 Å². The number of allylic oxidation sites excluding steroid dienone is 2. The summed E-state index contributed by atoms with van der Waals surface area (Å²) in [7, 11) is 0. The Balaban J connectivity index is 0.000000287. The summed E-state index contributed by atoms with van der Waals surface area (Å²) in [5.74, 6) is -0.934. The van der Waals surface area contributed by atoms with Crippen LogP contribution in [0.5, 0.6) is 0 Å². The number of nitrogens with zero attached hydrogens (tertiary/aromatic N) is 1. The molecule has 35 heavy (non-hydrogen) atoms. The van der Waals surface area contributed by atoms with E-state index in [0.29, 0.717) is 22.7 Å². The lowest BCUT2D eigenvalue weighted by molar-refractivity contribution is 0.0697. The SMILES string of the molecule is CC=CCCCOC(=O)N=c1cccc2c(c1)[nH]c1c(N)cccc12.O=C(O)c1ccc(Cl)cc1. The summed E-state index contributed by atoms with van der Waals surface area (Å²) in [5.41, 5.74) is 8.73. The van der Waals surface area contributed by atoms with Gasteiger partial charge in [0.25, 0.3) is 0 Å². The first-order valence-electron chi connectivity index (χ1n) is 11.0. The molecule has 0 bridgehead atoms. The van der Waals surface area contributed by atoms with Crippen molar-refractivity contribution >= 4 is 51.2 Å². The van der Waals surface area contributed by atoms with Gasteiger partial charge in [0.15, 0.2) is 0 Å². The molecule has 3 aromatic carbocycles. The van der Waals surface area contributed by atoms with E-state index in [2.05, 4.69) is 9.98 Å². The van der Waals surface area contributed by atoms with Crippen LogP contribution in [0.15, 0.2) is 83.9 Å². The van der Waals surface area contributed by atoms with Crippen LogP contribution in [0.1, 0.15) is 30.1 Å². The Labute approximate surface area is 207 Å². The topological polar surface area (TPSA) is 118 Å². The van der Waals surface area contributed by atoms with Crippen molar-refractivity contribution in [3.8, 4) is 0 Å². The number of carbonyl (C=O) groups is 2. The fourth-order valence-corrected chi connectivity index (χ4v) is 3.47. The number of nitrogens with one attached hydrogen (secondary N) is 1. The zero-order valence-electron chi connectivity index (χ0n) is 19.2. The van der Waals surface area contributed by atoms with Crippen LogP contribution in [0.2, 0.25) is 5.02 Å². The molecule has 1 amide bonds. The van der Waals surface area contributed by atoms with Crippen molar-refractivity contribution < 1.29 is 19.4 Å². The molecule has 0 aliphatic carbocycles. The van der Waals surface area contributed by atoms with E-state index in [1.54, 1.807) is 18.2 Å². The van der Waals surface area contributed by atoms with Crippen molar-refractivity contribution in [1.82, 2.24) is 4.98 Å². The van der Waals surface area contributed by atoms with E-state index in [9.17, 15) is 9.59 Å². The van der Waals surface area contributed by atoms with E-state index in [1.807, 2.05) is 55.5 Å². The van der Waals surface area contributed by atoms with Gasteiger partial charge in [0, 0.05) is 21.3 Å². The maximum Gasteiger partial charge on any atom is 0.434 e. The molecular weight excluding hydrogens is 466 g/mol. The van der Waals surface area contributed by atoms with Crippen molar-refractivity contribution in [1.29, 1.82) is 0 Å². The number of hydrogen-bond acceptors (Lipinski definition) is 4. The molecule has 8 heteroatoms. The van der Waals surface area contributed by atoms with Crippen LogP contribution in [0.4, 0.5) is 10.5 Å². The Morgan fingerprint density at radius 1 is 1.09 bits per heavy atom. The number of ether oxygens (including phenoxy) is 1. The number of hydrogen-bond donors (Lipinski definition) is 3. The van der Waals surface area contributed by atoms with Crippen LogP contribution in [-0.4, -0.2) is 28.8 Å². The van der Waals surface area contributed by atoms with Crippen LogP contribution in [0.3, 0.4) is 0 Å². The minimum Gasteiger partial charge on any atom is -0.478 e. The number of carboxylic acid groups (broad SMARTS) is 1. The molecule has 4 N–H and O–H groups in total. The molecule has 180 valence electrons. The number of carboxylic acids is 1. The van der Waals surface area contributed by atoms with Gasteiger partial charge in [0.1, 0.15) is 0 Å². The Morgan fingerprint density at radius 2 is 1.80 bits per heavy atom. The molecule has 1 heterocycles. The number of nitrogens with two attached hydrogens (primary N) is 1. The minimum atomic E-state index is -0.934. The molecule has 7 nitrogen and oxygen atoms in total. The van der Waals surface area contributed by atoms with Crippen molar-refractivity contribution in [2.24, 2.45) is 4.99 Å². The third kappa shape index (κ3) is 7.19. The highest BCUT2D eigenvalue weighted by atomic mass is 35.5. The number of amides is 1. The summed E-state index contributed by atoms with van der Waals surface area (Å²) in [5, 5.41) is 11.6. The van der Waals surface area contributed by atoms with Gasteiger partial charge in [-0.25, -0.2) is 9.59 Å². The maximum atomic E-state index is 11.9. The van der Waals surface area contributed by atoms with Gasteiger partial charge in [-0.3, -0.25) is 0 Å². The molecule has 0 aliphatic heterocycles. The second-order valence-electron chi connectivity index (χ2n) is 7.57. The summed E-state index contributed by atoms with van der Waals surface area (Å²) in [6.07, 6.45) is 5.13. The van der Waals surface area contributed by atoms with Crippen LogP contribution in [0.25, 0.3) is 21.8 Å². The molecule has 4 rings (SSSR count). The van der Waals surface area contributed by atoms with Crippen LogP contribution < -0.4 is 11.1 Å². The predicted molar refractivity (Wildman–Crippen MR) is 140 cm³/mol. The average Bonchev–Trinajstić information content (AvgIpc) is 3.06. The molecule has 0 aliphatic rings. The molecule has 0 saturated heterocycles. The first-order valence-corrected chi connectivity index (χ1v) is 11.4. The Kier molecular flexibility index (Phi) is 9.03. The number of aromatic nitrogens is 1. The Morgan fingerprint density at radius 3 is 2.51 bits per heavy atom. The molecule has 0 fully saturated rings. The normalized spacial score (nSPS) is 11.4. The fraction of sp³-hybridized carbons (Fsp3) is 0.148. The van der Waals surface area contributed by atoms with Gasteiger partial charge in [-0.15, -0.1) is 0 Å². The number of benzene rings is 2. The smallest absolute Gasteiger partial charge is 0.434 e. The second-order valence-corrected chi connectivity index (χ2v) is 8.00. The number of para-hydroxylation sites is 1. The third-order valence-corrected chi connectivity index (χ3v) is 5.30. The second kappa shape index (κ2) is 12.4. The standard InChI is InChI=1S/C20H21N3O2.C7H5ClO2/c1-2-3-4-5-12-25-20(24)22-14-8-6-9-15-16-10-7-11-17(21)19(16)23-18(15)13-14;8-6-3-1-5(2-4-6)7(9)10/h2-3,6-11,13,23H,4-5,12,21H2,1H3;1-4H,(H,9,10). The number of aromatic carboxylic acids is 1. The monoisotopic (exact) mass is 491 g/mol. The maximum absolute atomic E-state index is 11.9. The number of unbranched alkanes of at least 4 members (excludes halogenated alkanes) is 1. The van der Waals surface area contributed by atoms with Crippen LogP contribution in [-0.2, 0) is 4.74 Å². The van der Waals surface area contributed by atoms with E-state index in [-0.39, 0.29) is 5.56 Å². The number of rotatable bonds is 5. The lowest BCUT2D eigenvalue weighted by Gasteiger charge is -1.98. The van der Waals surface area contributed by atoms with Gasteiger partial charge >= 0.3 is 12.1 Å². The van der Waals surface area contributed by atoms with Crippen molar-refractivity contribution in [3.05, 3.63) is 94.8 Å². The summed E-state index contributed by atoms with van der Waals surface area (Å²) in [6.45, 7) is 2.33. The Bertz CT molecular complexity index is 1430. The lowest BCUT2D eigenvalue weighted by Crippen LogP contribution is -2.07. The van der Waals surface area contributed by atoms with Crippen molar-refractivity contribution in [3.63, 3.8) is 0 Å². The van der Waals surface area contributed by atoms with E-state index >= 15 is 0 Å². The highest BCUT2D eigenvalue weighted by Gasteiger charge is 2.05. The predicted octanol–water partition coefficient (Wildman–Crippen LogP) is 6.34. The average molecular weight is 492 g/mol. The number of nitrogen functional groups attached to an aromatic ring is 1. The summed E-state index contributed by atoms with van der Waals surface area (Å²) in [4.78, 5) is 29.5. The van der Waals surface area contributed by atoms with Gasteiger partial charge in [-0.05, 0) is 62.2 Å². The minimum absolute atomic E-state index is 0.254. The molecular formula is C27H26ClN3O4. The van der Waals surface area contributed by atoms with Gasteiger partial charge in [0.05, 0.1) is 28.7 Å². The lowest BCUT2D eigenvalue weighted by atomic mass is 10.2. The van der Waals surface area contributed by atoms with Gasteiger partial charge in [-0.2, -0.15) is 4.99 Å². The van der Waals surface area contributed by atoms with E-state index < -0.39 is 12.1 Å². The summed E-state index contributed by atoms with van der Waals surface area (Å²) < 4.78 is 5.14. The zero-order chi connectivity index (χ0) is 25.2. The number of halogens is 1. The highest BCUT2D eigenvalue weighted by molar-refractivity contribution is 6.30. The van der Waals surface area contributed by atoms with E-state index in [0.717, 1.165) is 34.6 Å². The number of carbonyl (C=O) groups excluding carboxylic acids is 1. The van der Waals surface area contributed by atoms with Crippen LogP contribution >= 0.6 is 11.6 Å². The molecule has 0 spiro atoms. The molecule has 4 aromatic rings. The Hall–Kier alpha value is -4.10. The number of fused-ring (bicyclic) bond motifs is 3. The zero-order valence-corrected chi connectivity index (χ0v) is 20.0. The summed E-state index contributed by atoms with van der Waals surface area (Å²) >= 11 is 5.52. The third-order valence-electron chi connectivity index (χ3n) is 5.05.